The summed E-state index contributed by atoms with van der Waals surface area (Å²) in [6.07, 6.45) is 37.4. The summed E-state index contributed by atoms with van der Waals surface area (Å²) < 4.78 is 5.37. The van der Waals surface area contributed by atoms with Gasteiger partial charge in [-0.1, -0.05) is 140 Å². The number of esters is 1. The van der Waals surface area contributed by atoms with Crippen molar-refractivity contribution in [3.63, 3.8) is 0 Å². The summed E-state index contributed by atoms with van der Waals surface area (Å²) in [7, 11) is 0. The predicted molar refractivity (Wildman–Crippen MR) is 142 cm³/mol. The number of allylic oxidation sites excluding steroid dienone is 6. The minimum atomic E-state index is -0.000566. The van der Waals surface area contributed by atoms with E-state index in [1.54, 1.807) is 0 Å². The molecule has 0 spiro atoms. The molecule has 0 atom stereocenters. The van der Waals surface area contributed by atoms with Gasteiger partial charge in [-0.2, -0.15) is 0 Å². The normalized spacial score (nSPS) is 11.9. The second-order valence-corrected chi connectivity index (χ2v) is 9.09. The van der Waals surface area contributed by atoms with Crippen LogP contribution in [0.15, 0.2) is 36.5 Å². The molecule has 2 nitrogen and oxygen atoms in total. The Morgan fingerprint density at radius 3 is 1.59 bits per heavy atom. The summed E-state index contributed by atoms with van der Waals surface area (Å²) in [5.41, 5.74) is 0. The molecule has 0 fully saturated rings. The fourth-order valence-electron chi connectivity index (χ4n) is 3.71. The van der Waals surface area contributed by atoms with Crippen molar-refractivity contribution in [3.05, 3.63) is 36.5 Å². The minimum absolute atomic E-state index is 0.000566. The molecule has 2 heteroatoms. The molecular weight excluding hydrogens is 392 g/mol. The van der Waals surface area contributed by atoms with Gasteiger partial charge in [0.2, 0.25) is 0 Å². The topological polar surface area (TPSA) is 26.3 Å². The Balaban J connectivity index is 3.29. The molecule has 0 bridgehead atoms. The number of carbonyl (C=O) groups excluding carboxylic acids is 1. The van der Waals surface area contributed by atoms with Crippen LogP contribution in [0, 0.1) is 0 Å². The zero-order chi connectivity index (χ0) is 23.4. The van der Waals surface area contributed by atoms with Crippen molar-refractivity contribution in [2.45, 2.75) is 142 Å². The maximum absolute atomic E-state index is 11.8. The van der Waals surface area contributed by atoms with Crippen LogP contribution < -0.4 is 0 Å². The molecule has 0 N–H and O–H groups in total. The molecule has 0 saturated carbocycles. The van der Waals surface area contributed by atoms with E-state index < -0.39 is 0 Å². The number of hydrogen-bond acceptors (Lipinski definition) is 2. The van der Waals surface area contributed by atoms with E-state index in [1.807, 2.05) is 0 Å². The Kier molecular flexibility index (Phi) is 26.6. The average Bonchev–Trinajstić information content (AvgIpc) is 2.80. The highest BCUT2D eigenvalue weighted by molar-refractivity contribution is 5.69. The van der Waals surface area contributed by atoms with E-state index in [1.165, 1.54) is 96.3 Å². The van der Waals surface area contributed by atoms with Gasteiger partial charge < -0.3 is 4.74 Å². The monoisotopic (exact) mass is 446 g/mol. The van der Waals surface area contributed by atoms with Crippen molar-refractivity contribution in [1.29, 1.82) is 0 Å². The first-order valence-electron chi connectivity index (χ1n) is 13.9. The van der Waals surface area contributed by atoms with Gasteiger partial charge in [-0.25, -0.2) is 0 Å². The zero-order valence-corrected chi connectivity index (χ0v) is 21.6. The van der Waals surface area contributed by atoms with Crippen LogP contribution in [0.4, 0.5) is 0 Å². The van der Waals surface area contributed by atoms with Crippen molar-refractivity contribution < 1.29 is 9.53 Å². The Morgan fingerprint density at radius 2 is 1.00 bits per heavy atom. The van der Waals surface area contributed by atoms with Gasteiger partial charge in [-0.15, -0.1) is 0 Å². The van der Waals surface area contributed by atoms with Crippen LogP contribution in [0.3, 0.4) is 0 Å². The van der Waals surface area contributed by atoms with Crippen molar-refractivity contribution in [2.75, 3.05) is 6.61 Å². The summed E-state index contributed by atoms with van der Waals surface area (Å²) in [4.78, 5) is 11.8. The molecule has 0 aliphatic carbocycles. The number of rotatable bonds is 24. The lowest BCUT2D eigenvalue weighted by molar-refractivity contribution is -0.143. The molecule has 186 valence electrons. The molecule has 0 aromatic carbocycles. The zero-order valence-electron chi connectivity index (χ0n) is 21.6. The van der Waals surface area contributed by atoms with Crippen molar-refractivity contribution in [1.82, 2.24) is 0 Å². The SMILES string of the molecule is CCCCC=CC=CC=CCCCCCCCC(=O)OCCCCCCCCCCCC. The van der Waals surface area contributed by atoms with Crippen LogP contribution in [0.25, 0.3) is 0 Å². The molecule has 0 heterocycles. The number of unbranched alkanes of at least 4 members (excludes halogenated alkanes) is 16. The largest absolute Gasteiger partial charge is 0.466 e. The molecule has 0 aromatic rings. The van der Waals surface area contributed by atoms with E-state index in [0.717, 1.165) is 25.7 Å². The van der Waals surface area contributed by atoms with Gasteiger partial charge >= 0.3 is 5.97 Å². The maximum Gasteiger partial charge on any atom is 0.305 e. The first-order chi connectivity index (χ1) is 15.8. The second-order valence-electron chi connectivity index (χ2n) is 9.09. The Morgan fingerprint density at radius 1 is 0.531 bits per heavy atom. The Bertz CT molecular complexity index is 461. The van der Waals surface area contributed by atoms with Gasteiger partial charge in [0.25, 0.3) is 0 Å². The highest BCUT2D eigenvalue weighted by Gasteiger charge is 2.02. The molecule has 0 aromatic heterocycles. The fraction of sp³-hybridized carbons (Fsp3) is 0.767. The van der Waals surface area contributed by atoms with Crippen LogP contribution in [0.1, 0.15) is 142 Å². The smallest absolute Gasteiger partial charge is 0.305 e. The predicted octanol–water partition coefficient (Wildman–Crippen LogP) is 10.0. The second kappa shape index (κ2) is 27.7. The van der Waals surface area contributed by atoms with E-state index in [4.69, 9.17) is 4.74 Å². The minimum Gasteiger partial charge on any atom is -0.466 e. The lowest BCUT2D eigenvalue weighted by Gasteiger charge is -2.05. The van der Waals surface area contributed by atoms with Crippen LogP contribution in [-0.2, 0) is 9.53 Å². The maximum atomic E-state index is 11.8. The van der Waals surface area contributed by atoms with Gasteiger partial charge in [0, 0.05) is 6.42 Å². The Hall–Kier alpha value is -1.31. The molecule has 0 radical (unpaired) electrons. The average molecular weight is 447 g/mol. The molecule has 0 amide bonds. The summed E-state index contributed by atoms with van der Waals surface area (Å²) in [5.74, 6) is -0.000566. The number of carbonyl (C=O) groups is 1. The van der Waals surface area contributed by atoms with E-state index in [0.29, 0.717) is 13.0 Å². The standard InChI is InChI=1S/C30H54O2/c1-3-5-7-9-11-13-15-16-17-18-19-20-22-24-26-28-30(31)32-29-27-25-23-21-14-12-10-8-6-4-2/h9,11,13,15-17H,3-8,10,12,14,18-29H2,1-2H3. The van der Waals surface area contributed by atoms with E-state index in [-0.39, 0.29) is 5.97 Å². The van der Waals surface area contributed by atoms with Crippen molar-refractivity contribution in [3.8, 4) is 0 Å². The summed E-state index contributed by atoms with van der Waals surface area (Å²) in [6, 6.07) is 0. The third kappa shape index (κ3) is 26.7. The third-order valence-corrected chi connectivity index (χ3v) is 5.84. The van der Waals surface area contributed by atoms with Crippen molar-refractivity contribution >= 4 is 5.97 Å². The van der Waals surface area contributed by atoms with Gasteiger partial charge in [-0.3, -0.25) is 4.79 Å². The summed E-state index contributed by atoms with van der Waals surface area (Å²) in [6.45, 7) is 5.10. The first-order valence-corrected chi connectivity index (χ1v) is 13.9. The third-order valence-electron chi connectivity index (χ3n) is 5.84. The van der Waals surface area contributed by atoms with E-state index in [2.05, 4.69) is 50.3 Å². The quantitative estimate of drug-likeness (QED) is 0.0837. The van der Waals surface area contributed by atoms with Gasteiger partial charge in [0.1, 0.15) is 0 Å². The lowest BCUT2D eigenvalue weighted by Crippen LogP contribution is -2.05. The van der Waals surface area contributed by atoms with Crippen molar-refractivity contribution in [2.24, 2.45) is 0 Å². The van der Waals surface area contributed by atoms with Crippen LogP contribution >= 0.6 is 0 Å². The highest BCUT2D eigenvalue weighted by Crippen LogP contribution is 2.11. The van der Waals surface area contributed by atoms with Gasteiger partial charge in [0.15, 0.2) is 0 Å². The van der Waals surface area contributed by atoms with Gasteiger partial charge in [0.05, 0.1) is 6.61 Å². The summed E-state index contributed by atoms with van der Waals surface area (Å²) >= 11 is 0. The summed E-state index contributed by atoms with van der Waals surface area (Å²) in [5, 5.41) is 0. The number of ether oxygens (including phenoxy) is 1. The number of hydrogen-bond donors (Lipinski definition) is 0. The molecule has 0 unspecified atom stereocenters. The molecule has 32 heavy (non-hydrogen) atoms. The highest BCUT2D eigenvalue weighted by atomic mass is 16.5. The molecule has 0 rings (SSSR count). The lowest BCUT2D eigenvalue weighted by atomic mass is 10.1. The molecule has 0 aliphatic heterocycles. The van der Waals surface area contributed by atoms with E-state index >= 15 is 0 Å². The Labute approximate surface area is 201 Å². The first kappa shape index (κ1) is 30.7. The molecule has 0 aliphatic rings. The molecular formula is C30H54O2. The fourth-order valence-corrected chi connectivity index (χ4v) is 3.71. The van der Waals surface area contributed by atoms with E-state index in [9.17, 15) is 4.79 Å². The van der Waals surface area contributed by atoms with Crippen LogP contribution in [0.2, 0.25) is 0 Å². The van der Waals surface area contributed by atoms with Crippen LogP contribution in [0.5, 0.6) is 0 Å². The molecule has 0 saturated heterocycles. The van der Waals surface area contributed by atoms with Gasteiger partial charge in [-0.05, 0) is 32.1 Å². The van der Waals surface area contributed by atoms with Crippen LogP contribution in [-0.4, -0.2) is 12.6 Å².